The quantitative estimate of drug-likeness (QED) is 0.642. The zero-order valence-corrected chi connectivity index (χ0v) is 10.3. The fourth-order valence-electron chi connectivity index (χ4n) is 1.95. The molecule has 0 spiro atoms. The van der Waals surface area contributed by atoms with Gasteiger partial charge in [-0.15, -0.1) is 0 Å². The maximum atomic E-state index is 11.6. The lowest BCUT2D eigenvalue weighted by molar-refractivity contribution is -0.384. The highest BCUT2D eigenvalue weighted by Crippen LogP contribution is 2.44. The molecule has 96 valence electrons. The van der Waals surface area contributed by atoms with E-state index < -0.39 is 4.92 Å². The van der Waals surface area contributed by atoms with Crippen molar-refractivity contribution in [2.24, 2.45) is 0 Å². The summed E-state index contributed by atoms with van der Waals surface area (Å²) in [4.78, 5) is 21.9. The molecule has 1 fully saturated rings. The molecule has 0 aliphatic heterocycles. The van der Waals surface area contributed by atoms with Gasteiger partial charge in [-0.3, -0.25) is 14.9 Å². The van der Waals surface area contributed by atoms with Crippen molar-refractivity contribution in [3.05, 3.63) is 33.9 Å². The second kappa shape index (κ2) is 5.16. The maximum Gasteiger partial charge on any atom is 0.269 e. The van der Waals surface area contributed by atoms with Crippen molar-refractivity contribution in [2.75, 3.05) is 5.32 Å². The molecule has 2 rings (SSSR count). The van der Waals surface area contributed by atoms with Crippen LogP contribution < -0.4 is 5.32 Å². The number of non-ortho nitro benzene ring substituents is 1. The van der Waals surface area contributed by atoms with E-state index in [-0.39, 0.29) is 11.6 Å². The van der Waals surface area contributed by atoms with Gasteiger partial charge in [-0.1, -0.05) is 6.92 Å². The van der Waals surface area contributed by atoms with Crippen molar-refractivity contribution < 1.29 is 9.72 Å². The molecule has 0 unspecified atom stereocenters. The summed E-state index contributed by atoms with van der Waals surface area (Å²) >= 11 is 0. The van der Waals surface area contributed by atoms with E-state index in [1.807, 2.05) is 6.92 Å². The van der Waals surface area contributed by atoms with Crippen molar-refractivity contribution in [1.29, 1.82) is 0 Å². The molecule has 0 radical (unpaired) electrons. The van der Waals surface area contributed by atoms with Gasteiger partial charge in [0.25, 0.3) is 5.69 Å². The summed E-state index contributed by atoms with van der Waals surface area (Å²) in [5, 5.41) is 13.6. The fourth-order valence-corrected chi connectivity index (χ4v) is 1.95. The molecule has 1 aromatic rings. The van der Waals surface area contributed by atoms with Crippen LogP contribution in [-0.2, 0) is 4.79 Å². The minimum atomic E-state index is -0.399. The molecule has 1 aromatic carbocycles. The maximum absolute atomic E-state index is 11.6. The number of carbonyl (C=O) groups excluding carboxylic acids is 1. The molecule has 1 aliphatic carbocycles. The summed E-state index contributed by atoms with van der Waals surface area (Å²) in [6.45, 7) is 1.94. The highest BCUT2D eigenvalue weighted by molar-refractivity contribution is 5.91. The molecule has 0 heterocycles. The lowest BCUT2D eigenvalue weighted by Gasteiger charge is -2.10. The first-order valence-corrected chi connectivity index (χ1v) is 6.20. The Morgan fingerprint density at radius 3 is 2.78 bits per heavy atom. The fraction of sp³-hybridized carbons (Fsp3) is 0.462. The van der Waals surface area contributed by atoms with Crippen LogP contribution in [0.5, 0.6) is 0 Å². The SMILES string of the molecule is CCCC(=O)Nc1ccc([N+](=O)[O-])cc1C1CC1. The molecule has 0 saturated heterocycles. The molecule has 0 atom stereocenters. The van der Waals surface area contributed by atoms with Crippen LogP contribution in [-0.4, -0.2) is 10.8 Å². The van der Waals surface area contributed by atoms with Gasteiger partial charge in [0.15, 0.2) is 0 Å². The van der Waals surface area contributed by atoms with Crippen LogP contribution in [0, 0.1) is 10.1 Å². The summed E-state index contributed by atoms with van der Waals surface area (Å²) in [6, 6.07) is 4.66. The lowest BCUT2D eigenvalue weighted by atomic mass is 10.1. The number of amides is 1. The minimum absolute atomic E-state index is 0.0340. The van der Waals surface area contributed by atoms with Crippen molar-refractivity contribution in [2.45, 2.75) is 38.5 Å². The third-order valence-electron chi connectivity index (χ3n) is 3.01. The molecule has 0 aromatic heterocycles. The van der Waals surface area contributed by atoms with Gasteiger partial charge in [0.1, 0.15) is 0 Å². The van der Waals surface area contributed by atoms with E-state index >= 15 is 0 Å². The van der Waals surface area contributed by atoms with Gasteiger partial charge in [-0.25, -0.2) is 0 Å². The average Bonchev–Trinajstić information content (AvgIpc) is 3.13. The Morgan fingerprint density at radius 1 is 1.50 bits per heavy atom. The van der Waals surface area contributed by atoms with E-state index in [0.29, 0.717) is 12.3 Å². The third kappa shape index (κ3) is 2.85. The molecule has 0 bridgehead atoms. The Balaban J connectivity index is 2.23. The van der Waals surface area contributed by atoms with Gasteiger partial charge in [0.05, 0.1) is 4.92 Å². The average molecular weight is 248 g/mol. The van der Waals surface area contributed by atoms with Crippen LogP contribution in [0.1, 0.15) is 44.1 Å². The number of hydrogen-bond acceptors (Lipinski definition) is 3. The topological polar surface area (TPSA) is 72.2 Å². The van der Waals surface area contributed by atoms with Crippen LogP contribution in [0.2, 0.25) is 0 Å². The molecule has 1 amide bonds. The lowest BCUT2D eigenvalue weighted by Crippen LogP contribution is -2.12. The number of nitro benzene ring substituents is 1. The second-order valence-corrected chi connectivity index (χ2v) is 4.60. The zero-order chi connectivity index (χ0) is 13.1. The predicted molar refractivity (Wildman–Crippen MR) is 68.6 cm³/mol. The van der Waals surface area contributed by atoms with Gasteiger partial charge in [0.2, 0.25) is 5.91 Å². The van der Waals surface area contributed by atoms with Crippen LogP contribution in [0.3, 0.4) is 0 Å². The summed E-state index contributed by atoms with van der Waals surface area (Å²) in [5.41, 5.74) is 1.71. The number of nitro groups is 1. The van der Waals surface area contributed by atoms with Crippen molar-refractivity contribution in [3.8, 4) is 0 Å². The standard InChI is InChI=1S/C13H16N2O3/c1-2-3-13(16)14-12-7-6-10(15(17)18)8-11(12)9-4-5-9/h6-9H,2-5H2,1H3,(H,14,16). The van der Waals surface area contributed by atoms with E-state index in [2.05, 4.69) is 5.32 Å². The van der Waals surface area contributed by atoms with E-state index in [1.165, 1.54) is 6.07 Å². The van der Waals surface area contributed by atoms with E-state index in [0.717, 1.165) is 30.5 Å². The summed E-state index contributed by atoms with van der Waals surface area (Å²) in [5.74, 6) is 0.329. The summed E-state index contributed by atoms with van der Waals surface area (Å²) < 4.78 is 0. The molecule has 5 nitrogen and oxygen atoms in total. The second-order valence-electron chi connectivity index (χ2n) is 4.60. The number of benzene rings is 1. The summed E-state index contributed by atoms with van der Waals surface area (Å²) in [7, 11) is 0. The van der Waals surface area contributed by atoms with Crippen LogP contribution in [0.25, 0.3) is 0 Å². The molecular formula is C13H16N2O3. The van der Waals surface area contributed by atoms with Gasteiger partial charge < -0.3 is 5.32 Å². The van der Waals surface area contributed by atoms with E-state index in [1.54, 1.807) is 12.1 Å². The predicted octanol–water partition coefficient (Wildman–Crippen LogP) is 3.21. The first kappa shape index (κ1) is 12.5. The number of carbonyl (C=O) groups is 1. The Hall–Kier alpha value is -1.91. The molecule has 1 N–H and O–H groups in total. The highest BCUT2D eigenvalue weighted by atomic mass is 16.6. The number of nitrogens with zero attached hydrogens (tertiary/aromatic N) is 1. The molecule has 1 aliphatic rings. The van der Waals surface area contributed by atoms with Gasteiger partial charge in [-0.05, 0) is 36.8 Å². The zero-order valence-electron chi connectivity index (χ0n) is 10.3. The van der Waals surface area contributed by atoms with E-state index in [4.69, 9.17) is 0 Å². The van der Waals surface area contributed by atoms with Crippen LogP contribution >= 0.6 is 0 Å². The first-order chi connectivity index (χ1) is 8.61. The molecular weight excluding hydrogens is 232 g/mol. The van der Waals surface area contributed by atoms with Crippen molar-refractivity contribution >= 4 is 17.3 Å². The van der Waals surface area contributed by atoms with Crippen molar-refractivity contribution in [1.82, 2.24) is 0 Å². The summed E-state index contributed by atoms with van der Waals surface area (Å²) in [6.07, 6.45) is 3.34. The third-order valence-corrected chi connectivity index (χ3v) is 3.01. The van der Waals surface area contributed by atoms with Crippen LogP contribution in [0.15, 0.2) is 18.2 Å². The Bertz CT molecular complexity index is 481. The largest absolute Gasteiger partial charge is 0.326 e. The Kier molecular flexibility index (Phi) is 3.60. The van der Waals surface area contributed by atoms with Gasteiger partial charge in [0, 0.05) is 24.2 Å². The van der Waals surface area contributed by atoms with Crippen molar-refractivity contribution in [3.63, 3.8) is 0 Å². The van der Waals surface area contributed by atoms with Gasteiger partial charge in [-0.2, -0.15) is 0 Å². The normalized spacial score (nSPS) is 14.3. The monoisotopic (exact) mass is 248 g/mol. The number of anilines is 1. The Morgan fingerprint density at radius 2 is 2.22 bits per heavy atom. The molecule has 18 heavy (non-hydrogen) atoms. The minimum Gasteiger partial charge on any atom is -0.326 e. The molecule has 1 saturated carbocycles. The number of nitrogens with one attached hydrogen (secondary N) is 1. The molecule has 5 heteroatoms. The van der Waals surface area contributed by atoms with Gasteiger partial charge >= 0.3 is 0 Å². The Labute approximate surface area is 105 Å². The smallest absolute Gasteiger partial charge is 0.269 e. The van der Waals surface area contributed by atoms with E-state index in [9.17, 15) is 14.9 Å². The highest BCUT2D eigenvalue weighted by Gasteiger charge is 2.28. The van der Waals surface area contributed by atoms with Crippen LogP contribution in [0.4, 0.5) is 11.4 Å². The first-order valence-electron chi connectivity index (χ1n) is 6.20. The number of hydrogen-bond donors (Lipinski definition) is 1. The number of rotatable bonds is 5.